The topological polar surface area (TPSA) is 56.1 Å². The number of aryl methyl sites for hydroxylation is 1. The van der Waals surface area contributed by atoms with Gasteiger partial charge in [0.2, 0.25) is 0 Å². The van der Waals surface area contributed by atoms with Crippen LogP contribution in [0, 0.1) is 6.92 Å². The highest BCUT2D eigenvalue weighted by molar-refractivity contribution is 5.94. The highest BCUT2D eigenvalue weighted by Crippen LogP contribution is 2.25. The summed E-state index contributed by atoms with van der Waals surface area (Å²) in [5.74, 6) is 1.58. The summed E-state index contributed by atoms with van der Waals surface area (Å²) < 4.78 is 7.60. The number of hydrogen-bond acceptors (Lipinski definition) is 3. The number of fused-ring (bicyclic) bond motifs is 1. The van der Waals surface area contributed by atoms with Crippen LogP contribution in [-0.4, -0.2) is 28.6 Å². The van der Waals surface area contributed by atoms with Crippen molar-refractivity contribution >= 4 is 16.9 Å². The Labute approximate surface area is 176 Å². The van der Waals surface area contributed by atoms with Crippen molar-refractivity contribution in [3.63, 3.8) is 0 Å². The summed E-state index contributed by atoms with van der Waals surface area (Å²) in [7, 11) is 0. The minimum atomic E-state index is -0.0978. The number of benzene rings is 3. The summed E-state index contributed by atoms with van der Waals surface area (Å²) >= 11 is 0. The van der Waals surface area contributed by atoms with Crippen molar-refractivity contribution in [1.82, 2.24) is 14.9 Å². The fourth-order valence-electron chi connectivity index (χ4n) is 3.48. The minimum absolute atomic E-state index is 0.0978. The van der Waals surface area contributed by atoms with Crippen molar-refractivity contribution in [1.29, 1.82) is 0 Å². The predicted molar refractivity (Wildman–Crippen MR) is 120 cm³/mol. The van der Waals surface area contributed by atoms with E-state index in [0.29, 0.717) is 25.3 Å². The van der Waals surface area contributed by atoms with Gasteiger partial charge in [-0.3, -0.25) is 4.79 Å². The maximum absolute atomic E-state index is 12.5. The smallest absolute Gasteiger partial charge is 0.251 e. The molecule has 1 heterocycles. The van der Waals surface area contributed by atoms with E-state index in [0.717, 1.165) is 28.2 Å². The Balaban J connectivity index is 1.51. The van der Waals surface area contributed by atoms with Gasteiger partial charge in [0.25, 0.3) is 5.91 Å². The molecule has 0 unspecified atom stereocenters. The number of ether oxygens (including phenoxy) is 1. The van der Waals surface area contributed by atoms with Crippen LogP contribution >= 0.6 is 0 Å². The molecule has 0 aliphatic rings. The lowest BCUT2D eigenvalue weighted by Gasteiger charge is -2.11. The zero-order chi connectivity index (χ0) is 20.9. The molecule has 4 rings (SSSR count). The average molecular weight is 399 g/mol. The number of rotatable bonds is 7. The second-order valence-electron chi connectivity index (χ2n) is 7.16. The Kier molecular flexibility index (Phi) is 5.80. The summed E-state index contributed by atoms with van der Waals surface area (Å²) in [6.45, 7) is 5.75. The summed E-state index contributed by atoms with van der Waals surface area (Å²) in [5, 5.41) is 3.01. The molecule has 1 aromatic heterocycles. The van der Waals surface area contributed by atoms with Crippen LogP contribution in [0.3, 0.4) is 0 Å². The molecule has 0 atom stereocenters. The first kappa shape index (κ1) is 19.7. The lowest BCUT2D eigenvalue weighted by atomic mass is 10.1. The van der Waals surface area contributed by atoms with Crippen molar-refractivity contribution in [3.8, 4) is 17.1 Å². The number of para-hydroxylation sites is 2. The second-order valence-corrected chi connectivity index (χ2v) is 7.16. The molecule has 0 bridgehead atoms. The molecule has 0 spiro atoms. The van der Waals surface area contributed by atoms with Crippen molar-refractivity contribution in [2.45, 2.75) is 20.4 Å². The molecule has 30 heavy (non-hydrogen) atoms. The van der Waals surface area contributed by atoms with Crippen LogP contribution in [0.5, 0.6) is 5.75 Å². The van der Waals surface area contributed by atoms with Gasteiger partial charge in [-0.25, -0.2) is 4.98 Å². The zero-order valence-corrected chi connectivity index (χ0v) is 17.3. The van der Waals surface area contributed by atoms with E-state index in [1.807, 2.05) is 37.3 Å². The molecule has 152 valence electrons. The molecule has 5 nitrogen and oxygen atoms in total. The van der Waals surface area contributed by atoms with Crippen LogP contribution in [0.1, 0.15) is 22.8 Å². The van der Waals surface area contributed by atoms with E-state index in [2.05, 4.69) is 47.1 Å². The fraction of sp³-hybridized carbons (Fsp3) is 0.200. The van der Waals surface area contributed by atoms with Gasteiger partial charge >= 0.3 is 0 Å². The average Bonchev–Trinajstić information content (AvgIpc) is 3.13. The van der Waals surface area contributed by atoms with E-state index in [9.17, 15) is 4.79 Å². The third-order valence-electron chi connectivity index (χ3n) is 5.01. The maximum atomic E-state index is 12.5. The highest BCUT2D eigenvalue weighted by Gasteiger charge is 2.13. The Bertz CT molecular complexity index is 1150. The Morgan fingerprint density at radius 1 is 1.00 bits per heavy atom. The first-order valence-corrected chi connectivity index (χ1v) is 10.2. The van der Waals surface area contributed by atoms with Crippen LogP contribution in [0.2, 0.25) is 0 Å². The minimum Gasteiger partial charge on any atom is -0.494 e. The van der Waals surface area contributed by atoms with Gasteiger partial charge in [-0.2, -0.15) is 0 Å². The molecule has 0 aliphatic heterocycles. The van der Waals surface area contributed by atoms with E-state index in [4.69, 9.17) is 9.72 Å². The maximum Gasteiger partial charge on any atom is 0.251 e. The van der Waals surface area contributed by atoms with E-state index >= 15 is 0 Å². The predicted octanol–water partition coefficient (Wildman–Crippen LogP) is 4.84. The molecule has 3 aromatic carbocycles. The van der Waals surface area contributed by atoms with E-state index < -0.39 is 0 Å². The van der Waals surface area contributed by atoms with E-state index in [-0.39, 0.29) is 5.91 Å². The Morgan fingerprint density at radius 3 is 2.47 bits per heavy atom. The third-order valence-corrected chi connectivity index (χ3v) is 5.01. The van der Waals surface area contributed by atoms with Crippen molar-refractivity contribution in [2.75, 3.05) is 13.2 Å². The first-order chi connectivity index (χ1) is 14.7. The number of nitrogens with zero attached hydrogens (tertiary/aromatic N) is 2. The zero-order valence-electron chi connectivity index (χ0n) is 17.3. The molecule has 1 amide bonds. The van der Waals surface area contributed by atoms with Gasteiger partial charge < -0.3 is 14.6 Å². The molecular weight excluding hydrogens is 374 g/mol. The summed E-state index contributed by atoms with van der Waals surface area (Å²) in [6.07, 6.45) is 0. The molecule has 1 N–H and O–H groups in total. The van der Waals surface area contributed by atoms with Crippen molar-refractivity contribution in [2.24, 2.45) is 0 Å². The van der Waals surface area contributed by atoms with Crippen LogP contribution in [-0.2, 0) is 6.54 Å². The van der Waals surface area contributed by atoms with Crippen LogP contribution in [0.15, 0.2) is 72.8 Å². The van der Waals surface area contributed by atoms with Crippen LogP contribution < -0.4 is 10.1 Å². The Morgan fingerprint density at radius 2 is 1.73 bits per heavy atom. The van der Waals surface area contributed by atoms with Crippen LogP contribution in [0.4, 0.5) is 0 Å². The molecule has 0 radical (unpaired) electrons. The number of imidazole rings is 1. The summed E-state index contributed by atoms with van der Waals surface area (Å²) in [4.78, 5) is 17.4. The third kappa shape index (κ3) is 4.20. The van der Waals surface area contributed by atoms with Gasteiger partial charge in [-0.1, -0.05) is 42.0 Å². The molecule has 0 saturated heterocycles. The SMILES string of the molecule is CCOc1ccc(C(=O)NCCn2c(-c3ccc(C)cc3)nc3ccccc32)cc1. The van der Waals surface area contributed by atoms with E-state index in [1.54, 1.807) is 12.1 Å². The Hall–Kier alpha value is -3.60. The molecule has 0 fully saturated rings. The van der Waals surface area contributed by atoms with Gasteiger partial charge in [-0.15, -0.1) is 0 Å². The number of amides is 1. The molecule has 0 saturated carbocycles. The molecule has 5 heteroatoms. The fourth-order valence-corrected chi connectivity index (χ4v) is 3.48. The molecule has 4 aromatic rings. The lowest BCUT2D eigenvalue weighted by molar-refractivity contribution is 0.0952. The normalized spacial score (nSPS) is 10.9. The van der Waals surface area contributed by atoms with Gasteiger partial charge in [0.1, 0.15) is 11.6 Å². The number of aromatic nitrogens is 2. The van der Waals surface area contributed by atoms with Gasteiger partial charge in [-0.05, 0) is 50.2 Å². The number of hydrogen-bond donors (Lipinski definition) is 1. The number of carbonyl (C=O) groups excluding carboxylic acids is 1. The molecular formula is C25H25N3O2. The van der Waals surface area contributed by atoms with Gasteiger partial charge in [0.15, 0.2) is 0 Å². The summed E-state index contributed by atoms with van der Waals surface area (Å²) in [6, 6.07) is 23.6. The quantitative estimate of drug-likeness (QED) is 0.484. The lowest BCUT2D eigenvalue weighted by Crippen LogP contribution is -2.27. The van der Waals surface area contributed by atoms with E-state index in [1.165, 1.54) is 5.56 Å². The van der Waals surface area contributed by atoms with Crippen LogP contribution in [0.25, 0.3) is 22.4 Å². The largest absolute Gasteiger partial charge is 0.494 e. The number of carbonyl (C=O) groups is 1. The summed E-state index contributed by atoms with van der Waals surface area (Å²) in [5.41, 5.74) is 4.90. The molecule has 0 aliphatic carbocycles. The number of nitrogens with one attached hydrogen (secondary N) is 1. The van der Waals surface area contributed by atoms with Gasteiger partial charge in [0.05, 0.1) is 17.6 Å². The van der Waals surface area contributed by atoms with Crippen molar-refractivity contribution < 1.29 is 9.53 Å². The second kappa shape index (κ2) is 8.82. The monoisotopic (exact) mass is 399 g/mol. The standard InChI is InChI=1S/C25H25N3O2/c1-3-30-21-14-12-20(13-15-21)25(29)26-16-17-28-23-7-5-4-6-22(23)27-24(28)19-10-8-18(2)9-11-19/h4-15H,3,16-17H2,1-2H3,(H,26,29). The highest BCUT2D eigenvalue weighted by atomic mass is 16.5. The van der Waals surface area contributed by atoms with Gasteiger partial charge in [0, 0.05) is 24.2 Å². The van der Waals surface area contributed by atoms with Crippen molar-refractivity contribution in [3.05, 3.63) is 83.9 Å². The first-order valence-electron chi connectivity index (χ1n) is 10.2.